The number of para-hydroxylation sites is 1. The van der Waals surface area contributed by atoms with Crippen LogP contribution in [0.25, 0.3) is 0 Å². The van der Waals surface area contributed by atoms with Gasteiger partial charge in [-0.05, 0) is 25.5 Å². The van der Waals surface area contributed by atoms with E-state index in [0.29, 0.717) is 25.2 Å². The van der Waals surface area contributed by atoms with Crippen molar-refractivity contribution >= 4 is 42.1 Å². The number of nitrogens with zero attached hydrogens (tertiary/aromatic N) is 2. The monoisotopic (exact) mass is 422 g/mol. The fourth-order valence-electron chi connectivity index (χ4n) is 3.14. The van der Waals surface area contributed by atoms with Gasteiger partial charge in [-0.2, -0.15) is 12.6 Å². The number of amides is 4. The Hall–Kier alpha value is -2.75. The highest BCUT2D eigenvalue weighted by Crippen LogP contribution is 2.23. The quantitative estimate of drug-likeness (QED) is 0.468. The van der Waals surface area contributed by atoms with Gasteiger partial charge in [0.05, 0.1) is 24.9 Å². The molecule has 4 amide bonds. The maximum absolute atomic E-state index is 12.8. The molecular weight excluding hydrogens is 396 g/mol. The number of esters is 1. The summed E-state index contributed by atoms with van der Waals surface area (Å²) in [7, 11) is 2.75. The summed E-state index contributed by atoms with van der Waals surface area (Å²) in [5.74, 6) is -1.39. The maximum atomic E-state index is 12.8. The summed E-state index contributed by atoms with van der Waals surface area (Å²) < 4.78 is 4.70. The lowest BCUT2D eigenvalue weighted by Gasteiger charge is -2.27. The number of hydrogen-bond donors (Lipinski definition) is 3. The van der Waals surface area contributed by atoms with Crippen LogP contribution in [0.4, 0.5) is 10.5 Å². The third-order valence-corrected chi connectivity index (χ3v) is 4.89. The normalized spacial score (nSPS) is 18.1. The first-order valence-electron chi connectivity index (χ1n) is 9.23. The lowest BCUT2D eigenvalue weighted by atomic mass is 10.1. The molecule has 1 fully saturated rings. The first-order chi connectivity index (χ1) is 13.8. The van der Waals surface area contributed by atoms with E-state index in [9.17, 15) is 19.2 Å². The molecule has 1 aromatic carbocycles. The van der Waals surface area contributed by atoms with Crippen molar-refractivity contribution in [2.24, 2.45) is 0 Å². The van der Waals surface area contributed by atoms with Crippen LogP contribution in [0.5, 0.6) is 0 Å². The number of thiol groups is 1. The van der Waals surface area contributed by atoms with Gasteiger partial charge in [0.15, 0.2) is 0 Å². The van der Waals surface area contributed by atoms with E-state index >= 15 is 0 Å². The molecule has 2 N–H and O–H groups in total. The Labute approximate surface area is 175 Å². The minimum Gasteiger partial charge on any atom is -0.465 e. The van der Waals surface area contributed by atoms with Crippen molar-refractivity contribution in [1.82, 2.24) is 15.1 Å². The molecule has 29 heavy (non-hydrogen) atoms. The highest BCUT2D eigenvalue weighted by atomic mass is 32.1. The van der Waals surface area contributed by atoms with E-state index < -0.39 is 17.9 Å². The van der Waals surface area contributed by atoms with E-state index in [-0.39, 0.29) is 29.3 Å². The average molecular weight is 423 g/mol. The van der Waals surface area contributed by atoms with Gasteiger partial charge in [-0.25, -0.2) is 9.59 Å². The molecular formula is C19H26N4O5S. The SMILES string of the molecule is CCNC(=O)N1C[C@H](S)C[C@H]1C(=O)N(C)CC(=O)Nc1ccccc1C(=O)OC. The van der Waals surface area contributed by atoms with E-state index in [4.69, 9.17) is 4.74 Å². The van der Waals surface area contributed by atoms with Crippen LogP contribution in [0.15, 0.2) is 24.3 Å². The predicted octanol–water partition coefficient (Wildman–Crippen LogP) is 0.972. The van der Waals surface area contributed by atoms with Crippen molar-refractivity contribution in [3.8, 4) is 0 Å². The molecule has 1 saturated heterocycles. The van der Waals surface area contributed by atoms with Crippen LogP contribution < -0.4 is 10.6 Å². The molecule has 2 atom stereocenters. The number of nitrogens with one attached hydrogen (secondary N) is 2. The van der Waals surface area contributed by atoms with Crippen LogP contribution in [0.3, 0.4) is 0 Å². The van der Waals surface area contributed by atoms with Crippen LogP contribution >= 0.6 is 12.6 Å². The minimum atomic E-state index is -0.677. The van der Waals surface area contributed by atoms with E-state index in [0.717, 1.165) is 0 Å². The molecule has 1 aliphatic heterocycles. The van der Waals surface area contributed by atoms with Crippen molar-refractivity contribution in [3.05, 3.63) is 29.8 Å². The second-order valence-electron chi connectivity index (χ2n) is 6.67. The zero-order valence-electron chi connectivity index (χ0n) is 16.7. The van der Waals surface area contributed by atoms with E-state index in [2.05, 4.69) is 23.3 Å². The third kappa shape index (κ3) is 5.63. The molecule has 1 heterocycles. The van der Waals surface area contributed by atoms with Crippen molar-refractivity contribution in [2.75, 3.05) is 39.1 Å². The number of urea groups is 1. The summed E-state index contributed by atoms with van der Waals surface area (Å²) in [5, 5.41) is 5.20. The van der Waals surface area contributed by atoms with Gasteiger partial charge >= 0.3 is 12.0 Å². The van der Waals surface area contributed by atoms with Gasteiger partial charge in [0.1, 0.15) is 6.04 Å². The molecule has 0 spiro atoms. The van der Waals surface area contributed by atoms with Crippen molar-refractivity contribution < 1.29 is 23.9 Å². The zero-order chi connectivity index (χ0) is 21.6. The summed E-state index contributed by atoms with van der Waals surface area (Å²) in [6.45, 7) is 2.38. The highest BCUT2D eigenvalue weighted by molar-refractivity contribution is 7.81. The number of anilines is 1. The Morgan fingerprint density at radius 1 is 1.28 bits per heavy atom. The van der Waals surface area contributed by atoms with Crippen molar-refractivity contribution in [1.29, 1.82) is 0 Å². The molecule has 0 radical (unpaired) electrons. The lowest BCUT2D eigenvalue weighted by molar-refractivity contribution is -0.136. The molecule has 0 aromatic heterocycles. The molecule has 1 aromatic rings. The van der Waals surface area contributed by atoms with Gasteiger partial charge in [0.2, 0.25) is 11.8 Å². The van der Waals surface area contributed by atoms with Crippen molar-refractivity contribution in [2.45, 2.75) is 24.6 Å². The standard InChI is InChI=1S/C19H26N4O5S/c1-4-20-19(27)23-10-12(29)9-15(23)17(25)22(2)11-16(24)21-14-8-6-5-7-13(14)18(26)28-3/h5-8,12,15,29H,4,9-11H2,1-3H3,(H,20,27)(H,21,24)/t12-,15+/m1/s1. The first kappa shape index (κ1) is 22.5. The summed E-state index contributed by atoms with van der Waals surface area (Å²) >= 11 is 4.40. The number of hydrogen-bond acceptors (Lipinski definition) is 6. The van der Waals surface area contributed by atoms with E-state index in [1.54, 1.807) is 25.1 Å². The van der Waals surface area contributed by atoms with Gasteiger partial charge in [-0.3, -0.25) is 9.59 Å². The van der Waals surface area contributed by atoms with Crippen LogP contribution in [0.2, 0.25) is 0 Å². The smallest absolute Gasteiger partial charge is 0.339 e. The maximum Gasteiger partial charge on any atom is 0.339 e. The van der Waals surface area contributed by atoms with Crippen LogP contribution in [0.1, 0.15) is 23.7 Å². The van der Waals surface area contributed by atoms with Crippen molar-refractivity contribution in [3.63, 3.8) is 0 Å². The average Bonchev–Trinajstić information content (AvgIpc) is 3.09. The van der Waals surface area contributed by atoms with Crippen LogP contribution in [0, 0.1) is 0 Å². The molecule has 0 saturated carbocycles. The number of methoxy groups -OCH3 is 1. The van der Waals surface area contributed by atoms with E-state index in [1.807, 2.05) is 0 Å². The Bertz CT molecular complexity index is 788. The Balaban J connectivity index is 2.03. The van der Waals surface area contributed by atoms with Gasteiger partial charge in [0.25, 0.3) is 0 Å². The Kier molecular flexibility index (Phi) is 7.89. The number of likely N-dealkylation sites (tertiary alicyclic amines) is 1. The number of likely N-dealkylation sites (N-methyl/N-ethyl adjacent to an activating group) is 1. The minimum absolute atomic E-state index is 0.110. The highest BCUT2D eigenvalue weighted by Gasteiger charge is 2.39. The van der Waals surface area contributed by atoms with E-state index in [1.165, 1.54) is 30.0 Å². The largest absolute Gasteiger partial charge is 0.465 e. The molecule has 0 unspecified atom stereocenters. The second-order valence-corrected chi connectivity index (χ2v) is 7.40. The Morgan fingerprint density at radius 3 is 2.62 bits per heavy atom. The number of carbonyl (C=O) groups is 4. The molecule has 10 heteroatoms. The predicted molar refractivity (Wildman–Crippen MR) is 111 cm³/mol. The van der Waals surface area contributed by atoms with Gasteiger partial charge in [-0.1, -0.05) is 12.1 Å². The van der Waals surface area contributed by atoms with Gasteiger partial charge in [0, 0.05) is 25.4 Å². The van der Waals surface area contributed by atoms with Gasteiger partial charge < -0.3 is 25.2 Å². The number of carbonyl (C=O) groups excluding carboxylic acids is 4. The number of rotatable bonds is 6. The van der Waals surface area contributed by atoms with Crippen LogP contribution in [-0.4, -0.2) is 78.7 Å². The second kappa shape index (κ2) is 10.1. The van der Waals surface area contributed by atoms with Gasteiger partial charge in [-0.15, -0.1) is 0 Å². The molecule has 1 aliphatic rings. The third-order valence-electron chi connectivity index (χ3n) is 4.52. The summed E-state index contributed by atoms with van der Waals surface area (Å²) in [5.41, 5.74) is 0.513. The number of benzene rings is 1. The summed E-state index contributed by atoms with van der Waals surface area (Å²) in [6, 6.07) is 5.43. The fourth-order valence-corrected chi connectivity index (χ4v) is 3.52. The number of ether oxygens (including phenoxy) is 1. The topological polar surface area (TPSA) is 108 Å². The zero-order valence-corrected chi connectivity index (χ0v) is 17.6. The fraction of sp³-hybridized carbons (Fsp3) is 0.474. The molecule has 2 rings (SSSR count). The molecule has 9 nitrogen and oxygen atoms in total. The lowest BCUT2D eigenvalue weighted by Crippen LogP contribution is -2.51. The Morgan fingerprint density at radius 2 is 1.97 bits per heavy atom. The molecule has 0 bridgehead atoms. The first-order valence-corrected chi connectivity index (χ1v) is 9.74. The molecule has 0 aliphatic carbocycles. The summed E-state index contributed by atoms with van der Waals surface area (Å²) in [4.78, 5) is 52.0. The molecule has 158 valence electrons. The summed E-state index contributed by atoms with van der Waals surface area (Å²) in [6.07, 6.45) is 0.413. The van der Waals surface area contributed by atoms with Crippen LogP contribution in [-0.2, 0) is 14.3 Å².